The highest BCUT2D eigenvalue weighted by molar-refractivity contribution is 7.86. The normalized spacial score (nSPS) is 27.9. The average Bonchev–Trinajstić information content (AvgIpc) is 2.78. The molecule has 2 rings (SSSR count). The van der Waals surface area contributed by atoms with Crippen LogP contribution < -0.4 is 0 Å². The second kappa shape index (κ2) is 6.31. The molecule has 1 N–H and O–H groups in total. The lowest BCUT2D eigenvalue weighted by atomic mass is 9.87. The maximum Gasteiger partial charge on any atom is 0.204 e. The topological polar surface area (TPSA) is 80.2 Å². The van der Waals surface area contributed by atoms with Gasteiger partial charge >= 0.3 is 0 Å². The predicted octanol–water partition coefficient (Wildman–Crippen LogP) is 1.60. The van der Waals surface area contributed by atoms with Gasteiger partial charge in [0.25, 0.3) is 0 Å². The van der Waals surface area contributed by atoms with Gasteiger partial charge in [-0.05, 0) is 25.2 Å². The summed E-state index contributed by atoms with van der Waals surface area (Å²) in [7, 11) is -1.07. The van der Waals surface area contributed by atoms with Crippen molar-refractivity contribution >= 4 is 33.2 Å². The van der Waals surface area contributed by atoms with Gasteiger partial charge in [0, 0.05) is 12.7 Å². The molecule has 0 aromatic carbocycles. The van der Waals surface area contributed by atoms with Crippen molar-refractivity contribution < 1.29 is 13.0 Å². The first kappa shape index (κ1) is 14.2. The molecule has 0 radical (unpaired) electrons. The number of aromatic nitrogens is 2. The summed E-state index contributed by atoms with van der Waals surface area (Å²) >= 11 is -0.331. The molecule has 0 bridgehead atoms. The Morgan fingerprint density at radius 2 is 2.17 bits per heavy atom. The van der Waals surface area contributed by atoms with Crippen LogP contribution in [0.5, 0.6) is 0 Å². The summed E-state index contributed by atoms with van der Waals surface area (Å²) in [5, 5.41) is 8.72. The molecule has 4 unspecified atom stereocenters. The Kier molecular flexibility index (Phi) is 4.99. The fraction of sp³-hybridized carbons (Fsp3) is 0.800. The molecular weight excluding hydrogens is 292 g/mol. The van der Waals surface area contributed by atoms with E-state index in [9.17, 15) is 8.42 Å². The van der Waals surface area contributed by atoms with Gasteiger partial charge in [-0.1, -0.05) is 17.8 Å². The van der Waals surface area contributed by atoms with Gasteiger partial charge in [0.1, 0.15) is 5.01 Å². The van der Waals surface area contributed by atoms with Crippen molar-refractivity contribution in [2.45, 2.75) is 41.7 Å². The second-order valence-electron chi connectivity index (χ2n) is 4.55. The predicted molar refractivity (Wildman–Crippen MR) is 72.5 cm³/mol. The summed E-state index contributed by atoms with van der Waals surface area (Å²) < 4.78 is 32.0. The lowest BCUT2D eigenvalue weighted by Crippen LogP contribution is -2.25. The van der Waals surface area contributed by atoms with Crippen LogP contribution in [0.25, 0.3) is 0 Å². The number of hydrogen-bond acceptors (Lipinski definition) is 5. The summed E-state index contributed by atoms with van der Waals surface area (Å²) in [6.07, 6.45) is 6.04. The Balaban J connectivity index is 1.96. The van der Waals surface area contributed by atoms with Gasteiger partial charge < -0.3 is 4.55 Å². The fourth-order valence-corrected chi connectivity index (χ4v) is 4.70. The van der Waals surface area contributed by atoms with Crippen LogP contribution in [0.15, 0.2) is 4.34 Å². The van der Waals surface area contributed by atoms with Crippen LogP contribution >= 0.6 is 11.3 Å². The molecule has 1 heterocycles. The summed E-state index contributed by atoms with van der Waals surface area (Å²) in [5.41, 5.74) is 0. The third kappa shape index (κ3) is 3.66. The molecule has 4 atom stereocenters. The first-order valence-corrected chi connectivity index (χ1v) is 9.36. The molecule has 1 aromatic rings. The van der Waals surface area contributed by atoms with Crippen LogP contribution in [0.2, 0.25) is 0 Å². The number of hydrogen-bond donors (Lipinski definition) is 1. The third-order valence-corrected chi connectivity index (χ3v) is 6.44. The fourth-order valence-electron chi connectivity index (χ4n) is 2.29. The van der Waals surface area contributed by atoms with Crippen molar-refractivity contribution in [2.75, 3.05) is 6.26 Å². The van der Waals surface area contributed by atoms with E-state index in [1.54, 1.807) is 6.26 Å². The monoisotopic (exact) mass is 308 g/mol. The van der Waals surface area contributed by atoms with Gasteiger partial charge in [-0.2, -0.15) is 0 Å². The van der Waals surface area contributed by atoms with Crippen LogP contribution in [-0.4, -0.2) is 34.7 Å². The number of rotatable bonds is 4. The Labute approximate surface area is 115 Å². The summed E-state index contributed by atoms with van der Waals surface area (Å²) in [6, 6.07) is 0. The van der Waals surface area contributed by atoms with Crippen molar-refractivity contribution in [3.8, 4) is 0 Å². The Morgan fingerprint density at radius 1 is 1.39 bits per heavy atom. The van der Waals surface area contributed by atoms with Crippen LogP contribution in [0.1, 0.15) is 30.7 Å². The summed E-state index contributed by atoms with van der Waals surface area (Å²) in [6.45, 7) is 0. The SMILES string of the molecule is CS(=O)c1nnc(CC2CCCC(S(=O)O)C2)s1. The molecule has 8 heteroatoms. The molecular formula is C10H16N2O3S3. The van der Waals surface area contributed by atoms with Gasteiger partial charge in [0.15, 0.2) is 11.1 Å². The minimum atomic E-state index is -1.71. The zero-order chi connectivity index (χ0) is 13.1. The third-order valence-electron chi connectivity index (χ3n) is 3.18. The van der Waals surface area contributed by atoms with Gasteiger partial charge in [-0.3, -0.25) is 4.21 Å². The van der Waals surface area contributed by atoms with Gasteiger partial charge in [-0.25, -0.2) is 4.21 Å². The molecule has 1 saturated carbocycles. The van der Waals surface area contributed by atoms with Crippen molar-refractivity contribution in [1.29, 1.82) is 0 Å². The van der Waals surface area contributed by atoms with Gasteiger partial charge in [0.05, 0.1) is 16.0 Å². The largest absolute Gasteiger partial charge is 0.306 e. The van der Waals surface area contributed by atoms with E-state index in [0.29, 0.717) is 10.3 Å². The highest BCUT2D eigenvalue weighted by atomic mass is 32.2. The first-order valence-electron chi connectivity index (χ1n) is 5.81. The molecule has 102 valence electrons. The highest BCUT2D eigenvalue weighted by Crippen LogP contribution is 2.30. The molecule has 0 saturated heterocycles. The van der Waals surface area contributed by atoms with Crippen molar-refractivity contribution in [3.05, 3.63) is 5.01 Å². The van der Waals surface area contributed by atoms with E-state index in [2.05, 4.69) is 10.2 Å². The van der Waals surface area contributed by atoms with Crippen LogP contribution in [0.3, 0.4) is 0 Å². The molecule has 0 amide bonds. The van der Waals surface area contributed by atoms with Gasteiger partial charge in [-0.15, -0.1) is 10.2 Å². The molecule has 1 aliphatic carbocycles. The van der Waals surface area contributed by atoms with Crippen LogP contribution in [0, 0.1) is 5.92 Å². The second-order valence-corrected chi connectivity index (χ2v) is 8.39. The molecule has 1 aromatic heterocycles. The van der Waals surface area contributed by atoms with E-state index in [4.69, 9.17) is 4.55 Å². The van der Waals surface area contributed by atoms with Crippen LogP contribution in [0.4, 0.5) is 0 Å². The minimum absolute atomic E-state index is 0.101. The highest BCUT2D eigenvalue weighted by Gasteiger charge is 2.26. The van der Waals surface area contributed by atoms with E-state index in [0.717, 1.165) is 37.1 Å². The van der Waals surface area contributed by atoms with E-state index in [1.807, 2.05) is 0 Å². The zero-order valence-corrected chi connectivity index (χ0v) is 12.5. The molecule has 0 spiro atoms. The van der Waals surface area contributed by atoms with Gasteiger partial charge in [0.2, 0.25) is 4.34 Å². The maximum atomic E-state index is 11.2. The van der Waals surface area contributed by atoms with E-state index >= 15 is 0 Å². The summed E-state index contributed by atoms with van der Waals surface area (Å²) in [5.74, 6) is 0.394. The molecule has 0 aliphatic heterocycles. The lowest BCUT2D eigenvalue weighted by Gasteiger charge is -2.26. The maximum absolute atomic E-state index is 11.2. The summed E-state index contributed by atoms with van der Waals surface area (Å²) in [4.78, 5) is 0. The Morgan fingerprint density at radius 3 is 2.78 bits per heavy atom. The smallest absolute Gasteiger partial charge is 0.204 e. The quantitative estimate of drug-likeness (QED) is 0.855. The van der Waals surface area contributed by atoms with Crippen LogP contribution in [-0.2, 0) is 28.3 Å². The average molecular weight is 308 g/mol. The number of nitrogens with zero attached hydrogens (tertiary/aromatic N) is 2. The standard InChI is InChI=1S/C10H16N2O3S3/c1-17(13)10-12-11-9(16-10)6-7-3-2-4-8(5-7)18(14)15/h7-8H,2-6H2,1H3,(H,14,15). The van der Waals surface area contributed by atoms with Crippen molar-refractivity contribution in [3.63, 3.8) is 0 Å². The van der Waals surface area contributed by atoms with E-state index < -0.39 is 21.9 Å². The van der Waals surface area contributed by atoms with Crippen molar-refractivity contribution in [1.82, 2.24) is 10.2 Å². The zero-order valence-electron chi connectivity index (χ0n) is 10.1. The minimum Gasteiger partial charge on any atom is -0.306 e. The van der Waals surface area contributed by atoms with E-state index in [1.165, 1.54) is 11.3 Å². The molecule has 5 nitrogen and oxygen atoms in total. The van der Waals surface area contributed by atoms with Crippen molar-refractivity contribution in [2.24, 2.45) is 5.92 Å². The van der Waals surface area contributed by atoms with E-state index in [-0.39, 0.29) is 5.25 Å². The Bertz CT molecular complexity index is 463. The Hall–Kier alpha value is -0.180. The first-order chi connectivity index (χ1) is 8.56. The molecule has 1 aliphatic rings. The molecule has 18 heavy (non-hydrogen) atoms. The molecule has 1 fully saturated rings. The lowest BCUT2D eigenvalue weighted by molar-refractivity contribution is 0.351.